The van der Waals surface area contributed by atoms with Crippen LogP contribution in [0.4, 0.5) is 0 Å². The van der Waals surface area contributed by atoms with E-state index < -0.39 is 0 Å². The highest BCUT2D eigenvalue weighted by Gasteiger charge is 2.29. The van der Waals surface area contributed by atoms with Crippen LogP contribution >= 0.6 is 11.3 Å². The lowest BCUT2D eigenvalue weighted by Gasteiger charge is -1.97. The van der Waals surface area contributed by atoms with E-state index in [1.165, 1.54) is 12.8 Å². The monoisotopic (exact) mass is 272 g/mol. The van der Waals surface area contributed by atoms with Gasteiger partial charge in [0.1, 0.15) is 10.8 Å². The Morgan fingerprint density at radius 1 is 1.21 bits per heavy atom. The summed E-state index contributed by atoms with van der Waals surface area (Å²) in [6.07, 6.45) is 3.16. The van der Waals surface area contributed by atoms with Crippen molar-refractivity contribution in [1.29, 1.82) is 0 Å². The largest absolute Gasteiger partial charge is 0.508 e. The van der Waals surface area contributed by atoms with Gasteiger partial charge in [-0.3, -0.25) is 0 Å². The van der Waals surface area contributed by atoms with Crippen LogP contribution in [0.15, 0.2) is 24.3 Å². The van der Waals surface area contributed by atoms with E-state index in [2.05, 4.69) is 15.3 Å². The van der Waals surface area contributed by atoms with Gasteiger partial charge in [-0.15, -0.1) is 10.2 Å². The van der Waals surface area contributed by atoms with E-state index in [-0.39, 0.29) is 5.75 Å². The molecule has 2 aromatic heterocycles. The molecule has 0 bridgehead atoms. The van der Waals surface area contributed by atoms with Gasteiger partial charge in [0.2, 0.25) is 4.96 Å². The zero-order chi connectivity index (χ0) is 12.8. The molecule has 0 spiro atoms. The molecule has 6 heteroatoms. The van der Waals surface area contributed by atoms with Crippen molar-refractivity contribution < 1.29 is 5.11 Å². The molecular formula is C13H12N4OS. The lowest BCUT2D eigenvalue weighted by atomic mass is 10.1. The summed E-state index contributed by atoms with van der Waals surface area (Å²) in [5, 5.41) is 23.3. The number of aromatic nitrogens is 4. The zero-order valence-electron chi connectivity index (χ0n) is 10.2. The highest BCUT2D eigenvalue weighted by atomic mass is 32.1. The third-order valence-corrected chi connectivity index (χ3v) is 4.19. The van der Waals surface area contributed by atoms with Crippen LogP contribution in [0, 0.1) is 0 Å². The van der Waals surface area contributed by atoms with Crippen LogP contribution in [-0.2, 0) is 6.42 Å². The van der Waals surface area contributed by atoms with Crippen LogP contribution in [-0.4, -0.2) is 24.9 Å². The number of hydrogen-bond acceptors (Lipinski definition) is 5. The van der Waals surface area contributed by atoms with E-state index in [4.69, 9.17) is 0 Å². The van der Waals surface area contributed by atoms with Crippen molar-refractivity contribution in [3.8, 4) is 5.75 Å². The molecule has 0 aliphatic heterocycles. The summed E-state index contributed by atoms with van der Waals surface area (Å²) in [6, 6.07) is 7.23. The van der Waals surface area contributed by atoms with Gasteiger partial charge in [-0.05, 0) is 30.5 Å². The Bertz CT molecular complexity index is 727. The molecule has 1 saturated carbocycles. The number of hydrogen-bond donors (Lipinski definition) is 1. The van der Waals surface area contributed by atoms with E-state index in [0.29, 0.717) is 5.92 Å². The van der Waals surface area contributed by atoms with Crippen molar-refractivity contribution in [3.05, 3.63) is 40.7 Å². The minimum Gasteiger partial charge on any atom is -0.508 e. The van der Waals surface area contributed by atoms with E-state index >= 15 is 0 Å². The SMILES string of the molecule is Oc1ccc(Cc2nn3c(C4CC4)nnc3s2)cc1. The van der Waals surface area contributed by atoms with Crippen molar-refractivity contribution in [1.82, 2.24) is 19.8 Å². The van der Waals surface area contributed by atoms with Gasteiger partial charge in [-0.25, -0.2) is 0 Å². The summed E-state index contributed by atoms with van der Waals surface area (Å²) in [7, 11) is 0. The maximum absolute atomic E-state index is 9.27. The zero-order valence-corrected chi connectivity index (χ0v) is 11.0. The molecule has 3 aromatic rings. The fourth-order valence-corrected chi connectivity index (χ4v) is 3.00. The van der Waals surface area contributed by atoms with Crippen molar-refractivity contribution in [2.75, 3.05) is 0 Å². The number of fused-ring (bicyclic) bond motifs is 1. The molecule has 19 heavy (non-hydrogen) atoms. The van der Waals surface area contributed by atoms with E-state index in [0.717, 1.165) is 27.8 Å². The molecule has 0 saturated heterocycles. The lowest BCUT2D eigenvalue weighted by molar-refractivity contribution is 0.475. The molecule has 5 nitrogen and oxygen atoms in total. The number of aromatic hydroxyl groups is 1. The second-order valence-corrected chi connectivity index (χ2v) is 5.91. The molecule has 1 aliphatic carbocycles. The predicted molar refractivity (Wildman–Crippen MR) is 71.5 cm³/mol. The Morgan fingerprint density at radius 3 is 2.74 bits per heavy atom. The molecule has 0 unspecified atom stereocenters. The fourth-order valence-electron chi connectivity index (χ4n) is 2.13. The summed E-state index contributed by atoms with van der Waals surface area (Å²) in [6.45, 7) is 0. The first-order chi connectivity index (χ1) is 9.29. The summed E-state index contributed by atoms with van der Waals surface area (Å²) in [4.78, 5) is 0.871. The molecule has 4 rings (SSSR count). The molecule has 1 fully saturated rings. The first-order valence-electron chi connectivity index (χ1n) is 6.28. The minimum atomic E-state index is 0.290. The molecule has 0 amide bonds. The molecule has 1 aromatic carbocycles. The van der Waals surface area contributed by atoms with Crippen LogP contribution in [0.1, 0.15) is 35.2 Å². The number of benzene rings is 1. The Labute approximate surface area is 113 Å². The van der Waals surface area contributed by atoms with Gasteiger partial charge >= 0.3 is 0 Å². The van der Waals surface area contributed by atoms with Crippen LogP contribution in [0.2, 0.25) is 0 Å². The average Bonchev–Trinajstić information content (AvgIpc) is 3.05. The number of phenolic OH excluding ortho intramolecular Hbond substituents is 1. The molecule has 2 heterocycles. The Kier molecular flexibility index (Phi) is 2.32. The first kappa shape index (κ1) is 10.9. The maximum Gasteiger partial charge on any atom is 0.234 e. The van der Waals surface area contributed by atoms with Crippen LogP contribution in [0.5, 0.6) is 5.75 Å². The van der Waals surface area contributed by atoms with Gasteiger partial charge in [-0.2, -0.15) is 9.61 Å². The first-order valence-corrected chi connectivity index (χ1v) is 7.10. The molecule has 1 aliphatic rings. The van der Waals surface area contributed by atoms with Gasteiger partial charge in [-0.1, -0.05) is 23.5 Å². The van der Waals surface area contributed by atoms with Crippen molar-refractivity contribution in [2.45, 2.75) is 25.2 Å². The van der Waals surface area contributed by atoms with Crippen LogP contribution < -0.4 is 0 Å². The second kappa shape index (κ2) is 4.03. The fraction of sp³-hybridized carbons (Fsp3) is 0.308. The predicted octanol–water partition coefficient (Wildman–Crippen LogP) is 2.36. The molecule has 0 atom stereocenters. The Hall–Kier alpha value is -1.95. The quantitative estimate of drug-likeness (QED) is 0.795. The smallest absolute Gasteiger partial charge is 0.234 e. The van der Waals surface area contributed by atoms with E-state index in [9.17, 15) is 5.11 Å². The van der Waals surface area contributed by atoms with Gasteiger partial charge in [0.05, 0.1) is 0 Å². The van der Waals surface area contributed by atoms with Gasteiger partial charge in [0.15, 0.2) is 5.82 Å². The van der Waals surface area contributed by atoms with Crippen LogP contribution in [0.3, 0.4) is 0 Å². The number of nitrogens with zero attached hydrogens (tertiary/aromatic N) is 4. The normalized spacial score (nSPS) is 15.2. The molecule has 96 valence electrons. The third kappa shape index (κ3) is 1.98. The lowest BCUT2D eigenvalue weighted by Crippen LogP contribution is -1.95. The number of rotatable bonds is 3. The van der Waals surface area contributed by atoms with Crippen molar-refractivity contribution in [2.24, 2.45) is 0 Å². The van der Waals surface area contributed by atoms with Crippen molar-refractivity contribution in [3.63, 3.8) is 0 Å². The Morgan fingerprint density at radius 2 is 2.00 bits per heavy atom. The third-order valence-electron chi connectivity index (χ3n) is 3.29. The maximum atomic E-state index is 9.27. The minimum absolute atomic E-state index is 0.290. The van der Waals surface area contributed by atoms with Crippen molar-refractivity contribution >= 4 is 16.3 Å². The molecule has 1 N–H and O–H groups in total. The van der Waals surface area contributed by atoms with Gasteiger partial charge in [0.25, 0.3) is 0 Å². The van der Waals surface area contributed by atoms with Gasteiger partial charge < -0.3 is 5.11 Å². The molecule has 0 radical (unpaired) electrons. The second-order valence-electron chi connectivity index (χ2n) is 4.87. The average molecular weight is 272 g/mol. The topological polar surface area (TPSA) is 63.3 Å². The Balaban J connectivity index is 1.65. The standard InChI is InChI=1S/C13H12N4OS/c18-10-5-1-8(2-6-10)7-11-16-17-12(9-3-4-9)14-15-13(17)19-11/h1-2,5-6,9,18H,3-4,7H2. The summed E-state index contributed by atoms with van der Waals surface area (Å²) < 4.78 is 1.89. The number of phenols is 1. The van der Waals surface area contributed by atoms with E-state index in [1.54, 1.807) is 23.5 Å². The van der Waals surface area contributed by atoms with E-state index in [1.807, 2.05) is 16.6 Å². The summed E-state index contributed by atoms with van der Waals surface area (Å²) >= 11 is 1.58. The van der Waals surface area contributed by atoms with Crippen LogP contribution in [0.25, 0.3) is 4.96 Å². The summed E-state index contributed by atoms with van der Waals surface area (Å²) in [5.41, 5.74) is 1.13. The highest BCUT2D eigenvalue weighted by Crippen LogP contribution is 2.39. The van der Waals surface area contributed by atoms with Gasteiger partial charge in [0, 0.05) is 12.3 Å². The molecular weight excluding hydrogens is 260 g/mol. The highest BCUT2D eigenvalue weighted by molar-refractivity contribution is 7.16. The summed E-state index contributed by atoms with van der Waals surface area (Å²) in [5.74, 6) is 1.85.